The summed E-state index contributed by atoms with van der Waals surface area (Å²) in [5.41, 5.74) is 5.06. The molecule has 1 aromatic rings. The number of benzene rings is 1. The van der Waals surface area contributed by atoms with Gasteiger partial charge in [0.1, 0.15) is 17.7 Å². The number of nitrogens with two attached hydrogens (primary N) is 1. The lowest BCUT2D eigenvalue weighted by atomic mass is 9.48. The molecule has 5 fully saturated rings. The molecule has 1 saturated heterocycles. The molecule has 0 radical (unpaired) electrons. The number of carbonyl (C=O) groups excluding carboxylic acids is 3. The lowest BCUT2D eigenvalue weighted by molar-refractivity contribution is -0.199. The minimum absolute atomic E-state index is 0.0412. The number of carbonyl (C=O) groups is 3. The first-order chi connectivity index (χ1) is 15.2. The lowest BCUT2D eigenvalue weighted by Crippen LogP contribution is -2.62. The molecule has 1 aromatic carbocycles. The summed E-state index contributed by atoms with van der Waals surface area (Å²) in [5, 5.41) is 0. The second-order valence-electron chi connectivity index (χ2n) is 10.2. The Balaban J connectivity index is 1.22. The third-order valence-corrected chi connectivity index (χ3v) is 8.18. The Hall–Kier alpha value is -2.51. The molecule has 32 heavy (non-hydrogen) atoms. The van der Waals surface area contributed by atoms with Gasteiger partial charge < -0.3 is 15.4 Å². The predicted octanol–water partition coefficient (Wildman–Crippen LogP) is 3.04. The van der Waals surface area contributed by atoms with Crippen LogP contribution >= 0.6 is 0 Å². The molecule has 1 heterocycles. The minimum Gasteiger partial charge on any atom is -0.461 e. The highest BCUT2D eigenvalue weighted by molar-refractivity contribution is 5.94. The van der Waals surface area contributed by atoms with Gasteiger partial charge in [0.2, 0.25) is 5.91 Å². The molecule has 6 rings (SSSR count). The van der Waals surface area contributed by atoms with Crippen molar-refractivity contribution in [3.05, 3.63) is 35.4 Å². The fourth-order valence-corrected chi connectivity index (χ4v) is 6.94. The molecule has 1 aliphatic heterocycles. The Morgan fingerprint density at radius 1 is 0.969 bits per heavy atom. The van der Waals surface area contributed by atoms with Crippen molar-refractivity contribution in [3.8, 4) is 0 Å². The van der Waals surface area contributed by atoms with Crippen LogP contribution in [0.2, 0.25) is 0 Å². The predicted molar refractivity (Wildman–Crippen MR) is 110 cm³/mol. The number of hydrogen-bond donors (Lipinski definition) is 1. The third-order valence-electron chi connectivity index (χ3n) is 8.18. The number of primary amides is 1. The van der Waals surface area contributed by atoms with Gasteiger partial charge in [-0.15, -0.1) is 0 Å². The van der Waals surface area contributed by atoms with Crippen molar-refractivity contribution in [2.24, 2.45) is 34.8 Å². The van der Waals surface area contributed by atoms with Crippen LogP contribution in [0.25, 0.3) is 0 Å². The zero-order valence-corrected chi connectivity index (χ0v) is 17.9. The van der Waals surface area contributed by atoms with E-state index in [0.29, 0.717) is 50.6 Å². The van der Waals surface area contributed by atoms with Gasteiger partial charge in [0.15, 0.2) is 0 Å². The molecule has 2 N–H and O–H groups in total. The van der Waals surface area contributed by atoms with Crippen molar-refractivity contribution in [3.63, 3.8) is 0 Å². The normalized spacial score (nSPS) is 33.9. The van der Waals surface area contributed by atoms with E-state index in [-0.39, 0.29) is 29.3 Å². The highest BCUT2D eigenvalue weighted by atomic mass is 19.1. The maximum absolute atomic E-state index is 13.5. The summed E-state index contributed by atoms with van der Waals surface area (Å²) in [4.78, 5) is 39.6. The molecule has 6 nitrogen and oxygen atoms in total. The number of ether oxygens (including phenoxy) is 1. The standard InChI is InChI=1S/C24H28F2N2O4/c25-18-8-17(9-19(26)10-18)21(29)28-3-1-15(2-4-28)22(30)32-20-16-6-13-5-14(7-16)12-24(20,11-13)23(27)31/h8-10,13-16,20H,1-7,11-12H2,(H2,27,31). The molecule has 2 amide bonds. The van der Waals surface area contributed by atoms with E-state index in [1.807, 2.05) is 0 Å². The van der Waals surface area contributed by atoms with Gasteiger partial charge in [0, 0.05) is 24.7 Å². The summed E-state index contributed by atoms with van der Waals surface area (Å²) in [6.07, 6.45) is 4.92. The summed E-state index contributed by atoms with van der Waals surface area (Å²) in [7, 11) is 0. The smallest absolute Gasteiger partial charge is 0.309 e. The summed E-state index contributed by atoms with van der Waals surface area (Å²) in [5.74, 6) is -1.91. The number of amides is 2. The van der Waals surface area contributed by atoms with Gasteiger partial charge in [-0.1, -0.05) is 0 Å². The second kappa shape index (κ2) is 7.81. The van der Waals surface area contributed by atoms with Gasteiger partial charge in [0.05, 0.1) is 11.3 Å². The maximum atomic E-state index is 13.5. The molecule has 172 valence electrons. The van der Waals surface area contributed by atoms with Crippen LogP contribution in [0.3, 0.4) is 0 Å². The van der Waals surface area contributed by atoms with Crippen molar-refractivity contribution in [1.29, 1.82) is 0 Å². The number of likely N-dealkylation sites (tertiary alicyclic amines) is 1. The molecule has 4 aliphatic carbocycles. The fourth-order valence-electron chi connectivity index (χ4n) is 6.94. The van der Waals surface area contributed by atoms with Crippen LogP contribution < -0.4 is 5.73 Å². The van der Waals surface area contributed by atoms with Crippen LogP contribution in [0.1, 0.15) is 55.3 Å². The van der Waals surface area contributed by atoms with E-state index in [9.17, 15) is 23.2 Å². The second-order valence-corrected chi connectivity index (χ2v) is 10.2. The first-order valence-corrected chi connectivity index (χ1v) is 11.5. The van der Waals surface area contributed by atoms with E-state index in [1.54, 1.807) is 0 Å². The minimum atomic E-state index is -0.800. The molecule has 0 spiro atoms. The number of esters is 1. The van der Waals surface area contributed by atoms with E-state index < -0.39 is 29.1 Å². The first kappa shape index (κ1) is 21.3. The monoisotopic (exact) mass is 446 g/mol. The molecule has 3 atom stereocenters. The van der Waals surface area contributed by atoms with Gasteiger partial charge in [0.25, 0.3) is 5.91 Å². The van der Waals surface area contributed by atoms with Crippen LogP contribution in [0.15, 0.2) is 18.2 Å². The molecule has 8 heteroatoms. The summed E-state index contributed by atoms with van der Waals surface area (Å²) >= 11 is 0. The molecule has 5 aliphatic rings. The molecule has 3 unspecified atom stereocenters. The Labute approximate surface area is 185 Å². The van der Waals surface area contributed by atoms with Crippen LogP contribution in [0, 0.1) is 40.7 Å². The summed E-state index contributed by atoms with van der Waals surface area (Å²) in [6.45, 7) is 0.603. The number of nitrogens with zero attached hydrogens (tertiary/aromatic N) is 1. The molecule has 0 aromatic heterocycles. The van der Waals surface area contributed by atoms with E-state index >= 15 is 0 Å². The molecular formula is C24H28F2N2O4. The average Bonchev–Trinajstić information content (AvgIpc) is 2.74. The average molecular weight is 446 g/mol. The van der Waals surface area contributed by atoms with Crippen molar-refractivity contribution in [2.45, 2.75) is 51.0 Å². The number of halogens is 2. The molecule has 4 saturated carbocycles. The van der Waals surface area contributed by atoms with Crippen LogP contribution in [-0.2, 0) is 14.3 Å². The lowest BCUT2D eigenvalue weighted by Gasteiger charge is -2.58. The van der Waals surface area contributed by atoms with Crippen molar-refractivity contribution >= 4 is 17.8 Å². The third kappa shape index (κ3) is 3.57. The van der Waals surface area contributed by atoms with Crippen molar-refractivity contribution in [1.82, 2.24) is 4.90 Å². The SMILES string of the molecule is NC(=O)C12CC3CC(CC(C3)C1OC(=O)C1CCN(C(=O)c3cc(F)cc(F)c3)CC1)C2. The van der Waals surface area contributed by atoms with Crippen LogP contribution in [0.4, 0.5) is 8.78 Å². The topological polar surface area (TPSA) is 89.7 Å². The zero-order valence-electron chi connectivity index (χ0n) is 17.9. The van der Waals surface area contributed by atoms with Gasteiger partial charge >= 0.3 is 5.97 Å². The van der Waals surface area contributed by atoms with E-state index in [4.69, 9.17) is 10.5 Å². The Kier molecular flexibility index (Phi) is 5.21. The number of hydrogen-bond acceptors (Lipinski definition) is 4. The molecular weight excluding hydrogens is 418 g/mol. The summed E-state index contributed by atoms with van der Waals surface area (Å²) in [6, 6.07) is 2.75. The number of piperidine rings is 1. The van der Waals surface area contributed by atoms with Gasteiger partial charge in [-0.2, -0.15) is 0 Å². The Bertz CT molecular complexity index is 925. The van der Waals surface area contributed by atoms with Crippen LogP contribution in [-0.4, -0.2) is 41.9 Å². The summed E-state index contributed by atoms with van der Waals surface area (Å²) < 4.78 is 32.9. The van der Waals surface area contributed by atoms with Crippen molar-refractivity contribution in [2.75, 3.05) is 13.1 Å². The first-order valence-electron chi connectivity index (χ1n) is 11.5. The van der Waals surface area contributed by atoms with Crippen LogP contribution in [0.5, 0.6) is 0 Å². The molecule has 4 bridgehead atoms. The van der Waals surface area contributed by atoms with Gasteiger partial charge in [-0.05, 0) is 74.8 Å². The maximum Gasteiger partial charge on any atom is 0.309 e. The Morgan fingerprint density at radius 3 is 2.12 bits per heavy atom. The fraction of sp³-hybridized carbons (Fsp3) is 0.625. The van der Waals surface area contributed by atoms with E-state index in [1.165, 1.54) is 4.90 Å². The highest BCUT2D eigenvalue weighted by Crippen LogP contribution is 2.61. The zero-order chi connectivity index (χ0) is 22.6. The van der Waals surface area contributed by atoms with Gasteiger partial charge in [-0.3, -0.25) is 14.4 Å². The highest BCUT2D eigenvalue weighted by Gasteiger charge is 2.62. The van der Waals surface area contributed by atoms with Gasteiger partial charge in [-0.25, -0.2) is 8.78 Å². The largest absolute Gasteiger partial charge is 0.461 e. The Morgan fingerprint density at radius 2 is 1.56 bits per heavy atom. The van der Waals surface area contributed by atoms with Crippen molar-refractivity contribution < 1.29 is 27.9 Å². The quantitative estimate of drug-likeness (QED) is 0.720. The van der Waals surface area contributed by atoms with E-state index in [0.717, 1.165) is 37.5 Å². The van der Waals surface area contributed by atoms with E-state index in [2.05, 4.69) is 0 Å². The number of rotatable bonds is 4.